The molecule has 62 heavy (non-hydrogen) atoms. The SMILES string of the molecule is C#CCNC(=O)N[C@@H](C(=O)O)c1ccccc1.C1CCOC1.CCP(CC)CC.CCP(CC)CC.O=C(NCc1[c-]nn[nH]1)N[C@@H](C(=O)O)c1ccccc1.[Au+].[Au+].[B].[N-]=[N+]=[N-]. The molecule has 1 aliphatic heterocycles. The van der Waals surface area contributed by atoms with Gasteiger partial charge in [0.15, 0.2) is 12.1 Å². The van der Waals surface area contributed by atoms with Crippen LogP contribution in [0.1, 0.15) is 83.3 Å². The Morgan fingerprint density at radius 2 is 1.15 bits per heavy atom. The Bertz CT molecular complexity index is 1570. The van der Waals surface area contributed by atoms with Gasteiger partial charge in [0.1, 0.15) is 0 Å². The number of carboxylic acid groups (broad SMARTS) is 2. The molecule has 3 radical (unpaired) electrons. The van der Waals surface area contributed by atoms with Gasteiger partial charge in [-0.1, -0.05) is 108 Å². The first-order valence-electron chi connectivity index (χ1n) is 19.3. The largest absolute Gasteiger partial charge is 1.00 e. The number of hydrogen-bond donors (Lipinski definition) is 7. The Hall–Kier alpha value is -3.70. The van der Waals surface area contributed by atoms with E-state index < -0.39 is 36.1 Å². The number of aliphatic carboxylic acids is 2. The van der Waals surface area contributed by atoms with Gasteiger partial charge in [0, 0.05) is 28.2 Å². The summed E-state index contributed by atoms with van der Waals surface area (Å²) < 4.78 is 4.94. The number of amides is 4. The molecule has 0 aliphatic carbocycles. The number of carbonyl (C=O) groups is 4. The number of aromatic amines is 1. The van der Waals surface area contributed by atoms with Crippen LogP contribution in [0.4, 0.5) is 9.59 Å². The summed E-state index contributed by atoms with van der Waals surface area (Å²) in [6.45, 7) is 15.9. The van der Waals surface area contributed by atoms with Crippen molar-refractivity contribution in [2.24, 2.45) is 0 Å². The minimum Gasteiger partial charge on any atom is -0.479 e. The molecule has 0 spiro atoms. The molecule has 349 valence electrons. The number of nitrogens with zero attached hydrogens (tertiary/aromatic N) is 5. The van der Waals surface area contributed by atoms with Crippen molar-refractivity contribution in [3.05, 3.63) is 99.7 Å². The van der Waals surface area contributed by atoms with Crippen LogP contribution in [0.25, 0.3) is 16.0 Å². The second-order valence-corrected chi connectivity index (χ2v) is 18.3. The molecule has 17 nitrogen and oxygen atoms in total. The summed E-state index contributed by atoms with van der Waals surface area (Å²) in [5.41, 5.74) is 15.0. The Labute approximate surface area is 403 Å². The zero-order valence-electron chi connectivity index (χ0n) is 36.2. The zero-order chi connectivity index (χ0) is 44.7. The van der Waals surface area contributed by atoms with E-state index in [1.165, 1.54) is 54.7 Å². The van der Waals surface area contributed by atoms with Gasteiger partial charge < -0.3 is 58.6 Å². The maximum absolute atomic E-state index is 11.7. The molecule has 2 heterocycles. The molecule has 0 bridgehead atoms. The third-order valence-corrected chi connectivity index (χ3v) is 13.4. The first kappa shape index (κ1) is 67.4. The molecule has 22 heteroatoms. The van der Waals surface area contributed by atoms with Crippen molar-refractivity contribution >= 4 is 48.3 Å². The summed E-state index contributed by atoms with van der Waals surface area (Å²) in [5, 5.41) is 37.1. The Morgan fingerprint density at radius 3 is 1.40 bits per heavy atom. The fourth-order valence-electron chi connectivity index (χ4n) is 4.66. The molecular formula is C40H62Au2BN10O7P2. The number of rotatable bonds is 15. The van der Waals surface area contributed by atoms with Gasteiger partial charge in [0.05, 0.1) is 6.54 Å². The molecular weight excluding hydrogens is 1200 g/mol. The number of carbonyl (C=O) groups excluding carboxylic acids is 2. The Kier molecular flexibility index (Phi) is 50.8. The van der Waals surface area contributed by atoms with Crippen LogP contribution in [0.3, 0.4) is 0 Å². The van der Waals surface area contributed by atoms with E-state index in [2.05, 4.69) is 90.3 Å². The number of urea groups is 2. The molecule has 7 N–H and O–H groups in total. The predicted molar refractivity (Wildman–Crippen MR) is 243 cm³/mol. The number of terminal acetylenes is 1. The van der Waals surface area contributed by atoms with Gasteiger partial charge in [0.2, 0.25) is 0 Å². The van der Waals surface area contributed by atoms with Gasteiger partial charge in [0.25, 0.3) is 0 Å². The third-order valence-electron chi connectivity index (χ3n) is 8.02. The first-order chi connectivity index (χ1) is 28.4. The number of H-pyrrole nitrogens is 1. The minimum atomic E-state index is -1.14. The molecule has 4 rings (SSSR count). The molecule has 1 aliphatic rings. The Balaban J connectivity index is -0.000000231. The second kappa shape index (κ2) is 46.8. The average molecular weight is 1260 g/mol. The smallest absolute Gasteiger partial charge is 0.479 e. The van der Waals surface area contributed by atoms with Gasteiger partial charge in [-0.3, -0.25) is 10.0 Å². The van der Waals surface area contributed by atoms with Gasteiger partial charge in [-0.15, -0.1) is 33.2 Å². The molecule has 0 saturated carbocycles. The van der Waals surface area contributed by atoms with E-state index in [-0.39, 0.29) is 66.3 Å². The van der Waals surface area contributed by atoms with Crippen molar-refractivity contribution in [2.45, 2.75) is 73.0 Å². The normalized spacial score (nSPS) is 11.1. The molecule has 4 amide bonds. The van der Waals surface area contributed by atoms with E-state index in [1.807, 2.05) is 0 Å². The number of carboxylic acids is 2. The van der Waals surface area contributed by atoms with Crippen LogP contribution in [0.5, 0.6) is 0 Å². The summed E-state index contributed by atoms with van der Waals surface area (Å²) in [6.07, 6.45) is 18.6. The van der Waals surface area contributed by atoms with Crippen LogP contribution in [0.15, 0.2) is 60.7 Å². The second-order valence-electron chi connectivity index (χ2n) is 11.8. The van der Waals surface area contributed by atoms with E-state index >= 15 is 0 Å². The maximum atomic E-state index is 11.7. The quantitative estimate of drug-likeness (QED) is 0.0153. The number of nitrogens with one attached hydrogen (secondary N) is 5. The van der Waals surface area contributed by atoms with Crippen molar-refractivity contribution in [3.8, 4) is 12.3 Å². The van der Waals surface area contributed by atoms with Crippen molar-refractivity contribution in [3.63, 3.8) is 0 Å². The van der Waals surface area contributed by atoms with Crippen molar-refractivity contribution in [1.29, 1.82) is 0 Å². The molecule has 2 aromatic carbocycles. The third kappa shape index (κ3) is 35.8. The topological polar surface area (TPSA) is 266 Å². The summed E-state index contributed by atoms with van der Waals surface area (Å²) in [4.78, 5) is 46.7. The monoisotopic (exact) mass is 1260 g/mol. The fraction of sp³-hybridized carbons (Fsp3) is 0.500. The van der Waals surface area contributed by atoms with Gasteiger partial charge >= 0.3 is 68.8 Å². The van der Waals surface area contributed by atoms with Crippen LogP contribution in [-0.4, -0.2) is 115 Å². The molecule has 1 fully saturated rings. The van der Waals surface area contributed by atoms with E-state index in [0.717, 1.165) is 13.2 Å². The predicted octanol–water partition coefficient (Wildman–Crippen LogP) is 7.31. The summed E-state index contributed by atoms with van der Waals surface area (Å²) in [7, 11) is 0.892. The maximum Gasteiger partial charge on any atom is 1.00 e. The van der Waals surface area contributed by atoms with Crippen molar-refractivity contribution in [2.75, 3.05) is 56.7 Å². The van der Waals surface area contributed by atoms with E-state index in [4.69, 9.17) is 32.4 Å². The fourth-order valence-corrected chi connectivity index (χ4v) is 7.34. The van der Waals surface area contributed by atoms with Crippen LogP contribution in [0.2, 0.25) is 0 Å². The van der Waals surface area contributed by atoms with Gasteiger partial charge in [-0.25, -0.2) is 19.2 Å². The number of ether oxygens (including phenoxy) is 1. The molecule has 1 saturated heterocycles. The van der Waals surface area contributed by atoms with Crippen LogP contribution in [0, 0.1) is 18.5 Å². The van der Waals surface area contributed by atoms with Crippen LogP contribution in [-0.2, 0) is 65.6 Å². The number of aromatic nitrogens is 3. The molecule has 0 unspecified atom stereocenters. The van der Waals surface area contributed by atoms with Crippen molar-refractivity contribution < 1.29 is 78.9 Å². The number of benzene rings is 2. The number of hydrogen-bond acceptors (Lipinski definition) is 7. The van der Waals surface area contributed by atoms with E-state index in [9.17, 15) is 19.2 Å². The van der Waals surface area contributed by atoms with Crippen LogP contribution >= 0.6 is 15.8 Å². The molecule has 3 aromatic rings. The van der Waals surface area contributed by atoms with Gasteiger partial charge in [-0.2, -0.15) is 0 Å². The van der Waals surface area contributed by atoms with Crippen molar-refractivity contribution in [1.82, 2.24) is 36.7 Å². The zero-order valence-corrected chi connectivity index (χ0v) is 42.4. The summed E-state index contributed by atoms with van der Waals surface area (Å²) >= 11 is 0. The standard InChI is InChI=1S/C12H12N5O3.C12H12N2O3.2C6H15P.C4H8O.2Au.B.N3/c18-11(19)10(8-4-2-1-3-5-8)15-12(20)13-6-9-7-14-17-16-9;1-2-8-13-12(17)14-10(11(15)16)9-6-4-3-5-7-9;2*1-4-7(5-2)6-3;1-2-4-5-3-1;;;;1-3-2/h1-5,10H,6H2,(H,18,19)(H2,13,15,20)(H,14,16,17);1,3-7,10H,8H2,(H,15,16)(H2,13,14,17);2*4-6H2,1-3H3;1-4H2;;;;/q-1;;;;;2*+1;;-1/t2*10-;;;;;;;/m11......./s1. The average Bonchev–Trinajstić information content (AvgIpc) is 4.02. The Morgan fingerprint density at radius 1 is 0.774 bits per heavy atom. The van der Waals surface area contributed by atoms with Gasteiger partial charge in [-0.05, 0) is 60.9 Å². The summed E-state index contributed by atoms with van der Waals surface area (Å²) in [6, 6.07) is 13.4. The molecule has 1 aromatic heterocycles. The summed E-state index contributed by atoms with van der Waals surface area (Å²) in [5.74, 6) is -0.0487. The molecule has 2 atom stereocenters. The van der Waals surface area contributed by atoms with E-state index in [0.29, 0.717) is 32.7 Å². The van der Waals surface area contributed by atoms with Crippen LogP contribution < -0.4 is 21.3 Å². The minimum absolute atomic E-state index is 0. The van der Waals surface area contributed by atoms with E-state index in [1.54, 1.807) is 60.7 Å². The first-order valence-corrected chi connectivity index (χ1v) is 23.1.